The molecule has 0 aromatic carbocycles. The molecule has 6 heteroatoms. The molecule has 0 bridgehead atoms. The summed E-state index contributed by atoms with van der Waals surface area (Å²) in [6.45, 7) is 2.18. The van der Waals surface area contributed by atoms with Crippen LogP contribution in [0.15, 0.2) is 18.5 Å². The van der Waals surface area contributed by atoms with Crippen molar-refractivity contribution in [1.82, 2.24) is 9.88 Å². The van der Waals surface area contributed by atoms with E-state index in [9.17, 15) is 14.3 Å². The first-order chi connectivity index (χ1) is 12.1. The summed E-state index contributed by atoms with van der Waals surface area (Å²) in [6, 6.07) is 1.97. The molecule has 4 rings (SSSR count). The van der Waals surface area contributed by atoms with Crippen molar-refractivity contribution in [3.05, 3.63) is 24.3 Å². The maximum absolute atomic E-state index is 14.1. The van der Waals surface area contributed by atoms with E-state index in [4.69, 9.17) is 0 Å². The van der Waals surface area contributed by atoms with Gasteiger partial charge in [0.15, 0.2) is 5.82 Å². The van der Waals surface area contributed by atoms with Crippen molar-refractivity contribution >= 4 is 11.6 Å². The standard InChI is InChI=1S/C19H26FN3O2/c20-16-12-21-9-6-17(16)22-10-1-7-19(13-22)8-11-23(18(19)25)14-2-4-15(24)5-3-14/h6,9,12,14-15,24H,1-5,7-8,10-11,13H2/t14?,15?,19-/m0/s1. The number of halogens is 1. The maximum atomic E-state index is 14.1. The van der Waals surface area contributed by atoms with Crippen LogP contribution < -0.4 is 4.90 Å². The number of aromatic nitrogens is 1. The Bertz CT molecular complexity index is 647. The van der Waals surface area contributed by atoms with Crippen molar-refractivity contribution in [2.75, 3.05) is 24.5 Å². The molecule has 1 aromatic rings. The normalized spacial score (nSPS) is 33.3. The molecule has 2 saturated heterocycles. The number of likely N-dealkylation sites (tertiary alicyclic amines) is 1. The Morgan fingerprint density at radius 3 is 2.76 bits per heavy atom. The number of hydrogen-bond acceptors (Lipinski definition) is 4. The number of anilines is 1. The Labute approximate surface area is 147 Å². The average molecular weight is 347 g/mol. The van der Waals surface area contributed by atoms with Gasteiger partial charge in [-0.3, -0.25) is 9.78 Å². The molecule has 1 saturated carbocycles. The molecule has 1 spiro atoms. The van der Waals surface area contributed by atoms with Crippen molar-refractivity contribution in [2.24, 2.45) is 5.41 Å². The van der Waals surface area contributed by atoms with E-state index in [2.05, 4.69) is 9.88 Å². The van der Waals surface area contributed by atoms with Crippen LogP contribution in [0.5, 0.6) is 0 Å². The molecule has 1 aliphatic carbocycles. The lowest BCUT2D eigenvalue weighted by molar-refractivity contribution is -0.139. The van der Waals surface area contributed by atoms with Gasteiger partial charge in [0.25, 0.3) is 0 Å². The van der Waals surface area contributed by atoms with E-state index < -0.39 is 0 Å². The van der Waals surface area contributed by atoms with Crippen LogP contribution in [0.4, 0.5) is 10.1 Å². The molecule has 25 heavy (non-hydrogen) atoms. The van der Waals surface area contributed by atoms with Gasteiger partial charge in [-0.15, -0.1) is 0 Å². The second-order valence-corrected chi connectivity index (χ2v) is 7.84. The monoisotopic (exact) mass is 347 g/mol. The molecule has 1 aromatic heterocycles. The van der Waals surface area contributed by atoms with Crippen LogP contribution in [0.1, 0.15) is 44.9 Å². The van der Waals surface area contributed by atoms with E-state index in [0.717, 1.165) is 58.0 Å². The summed E-state index contributed by atoms with van der Waals surface area (Å²) in [4.78, 5) is 21.2. The highest BCUT2D eigenvalue weighted by Crippen LogP contribution is 2.43. The molecule has 1 atom stereocenters. The number of carbonyl (C=O) groups is 1. The van der Waals surface area contributed by atoms with E-state index in [1.54, 1.807) is 12.3 Å². The van der Waals surface area contributed by atoms with E-state index in [1.165, 1.54) is 6.20 Å². The lowest BCUT2D eigenvalue weighted by Gasteiger charge is -2.41. The van der Waals surface area contributed by atoms with Crippen LogP contribution >= 0.6 is 0 Å². The first-order valence-electron chi connectivity index (χ1n) is 9.43. The molecule has 5 nitrogen and oxygen atoms in total. The zero-order chi connectivity index (χ0) is 17.4. The van der Waals surface area contributed by atoms with Crippen LogP contribution in [0, 0.1) is 11.2 Å². The summed E-state index contributed by atoms with van der Waals surface area (Å²) in [7, 11) is 0. The lowest BCUT2D eigenvalue weighted by Crippen LogP contribution is -2.50. The van der Waals surface area contributed by atoms with Gasteiger partial charge >= 0.3 is 0 Å². The Morgan fingerprint density at radius 2 is 2.00 bits per heavy atom. The first kappa shape index (κ1) is 16.8. The van der Waals surface area contributed by atoms with Gasteiger partial charge in [0.05, 0.1) is 23.4 Å². The summed E-state index contributed by atoms with van der Waals surface area (Å²) in [5.41, 5.74) is 0.186. The molecule has 0 unspecified atom stereocenters. The summed E-state index contributed by atoms with van der Waals surface area (Å²) in [5, 5.41) is 9.71. The van der Waals surface area contributed by atoms with Crippen molar-refractivity contribution in [3.8, 4) is 0 Å². The third-order valence-electron chi connectivity index (χ3n) is 6.32. The number of hydrogen-bond donors (Lipinski definition) is 1. The third kappa shape index (κ3) is 3.01. The molecule has 3 fully saturated rings. The number of carbonyl (C=O) groups excluding carboxylic acids is 1. The summed E-state index contributed by atoms with van der Waals surface area (Å²) in [5.74, 6) is -0.0730. The number of piperidine rings is 1. The lowest BCUT2D eigenvalue weighted by atomic mass is 9.78. The SMILES string of the molecule is O=C1N(C2CCC(O)CC2)CC[C@]12CCCN(c1ccncc1F)C2. The molecule has 1 amide bonds. The number of nitrogens with zero attached hydrogens (tertiary/aromatic N) is 3. The van der Waals surface area contributed by atoms with Crippen molar-refractivity contribution < 1.29 is 14.3 Å². The van der Waals surface area contributed by atoms with E-state index in [-0.39, 0.29) is 29.3 Å². The van der Waals surface area contributed by atoms with Gasteiger partial charge in [-0.05, 0) is 51.0 Å². The van der Waals surface area contributed by atoms with Crippen molar-refractivity contribution in [1.29, 1.82) is 0 Å². The fraction of sp³-hybridized carbons (Fsp3) is 0.684. The van der Waals surface area contributed by atoms with E-state index >= 15 is 0 Å². The fourth-order valence-electron chi connectivity index (χ4n) is 4.91. The smallest absolute Gasteiger partial charge is 0.230 e. The second-order valence-electron chi connectivity index (χ2n) is 7.84. The van der Waals surface area contributed by atoms with Crippen LogP contribution in [0.3, 0.4) is 0 Å². The highest BCUT2D eigenvalue weighted by atomic mass is 19.1. The Kier molecular flexibility index (Phi) is 4.40. The minimum Gasteiger partial charge on any atom is -0.393 e. The minimum absolute atomic E-state index is 0.206. The van der Waals surface area contributed by atoms with Crippen LogP contribution in [-0.2, 0) is 4.79 Å². The zero-order valence-electron chi connectivity index (χ0n) is 14.5. The molecule has 136 valence electrons. The van der Waals surface area contributed by atoms with Crippen molar-refractivity contribution in [3.63, 3.8) is 0 Å². The molecule has 3 heterocycles. The molecule has 2 aliphatic heterocycles. The fourth-order valence-corrected chi connectivity index (χ4v) is 4.91. The first-order valence-corrected chi connectivity index (χ1v) is 9.43. The van der Waals surface area contributed by atoms with Gasteiger partial charge in [0.1, 0.15) is 0 Å². The topological polar surface area (TPSA) is 56.7 Å². The van der Waals surface area contributed by atoms with Gasteiger partial charge in [0.2, 0.25) is 5.91 Å². The number of aliphatic hydroxyl groups excluding tert-OH is 1. The Morgan fingerprint density at radius 1 is 1.20 bits per heavy atom. The minimum atomic E-state index is -0.371. The van der Waals surface area contributed by atoms with Gasteiger partial charge in [-0.25, -0.2) is 4.39 Å². The van der Waals surface area contributed by atoms with Crippen LogP contribution in [0.2, 0.25) is 0 Å². The Hall–Kier alpha value is -1.69. The molecule has 0 radical (unpaired) electrons. The zero-order valence-corrected chi connectivity index (χ0v) is 14.5. The highest BCUT2D eigenvalue weighted by molar-refractivity contribution is 5.86. The van der Waals surface area contributed by atoms with Crippen molar-refractivity contribution in [2.45, 2.75) is 57.1 Å². The summed E-state index contributed by atoms with van der Waals surface area (Å²) in [6.07, 6.45) is 8.66. The predicted molar refractivity (Wildman–Crippen MR) is 92.7 cm³/mol. The van der Waals surface area contributed by atoms with E-state index in [1.807, 2.05) is 4.90 Å². The third-order valence-corrected chi connectivity index (χ3v) is 6.32. The second kappa shape index (κ2) is 6.56. The summed E-state index contributed by atoms with van der Waals surface area (Å²) < 4.78 is 14.1. The van der Waals surface area contributed by atoms with Crippen LogP contribution in [0.25, 0.3) is 0 Å². The molecule has 1 N–H and O–H groups in total. The average Bonchev–Trinajstić information content (AvgIpc) is 2.92. The van der Waals surface area contributed by atoms with Gasteiger partial charge in [0, 0.05) is 31.9 Å². The quantitative estimate of drug-likeness (QED) is 0.892. The number of pyridine rings is 1. The number of rotatable bonds is 2. The largest absolute Gasteiger partial charge is 0.393 e. The molecular formula is C19H26FN3O2. The highest BCUT2D eigenvalue weighted by Gasteiger charge is 2.50. The molecular weight excluding hydrogens is 321 g/mol. The number of amides is 1. The predicted octanol–water partition coefficient (Wildman–Crippen LogP) is 2.34. The van der Waals surface area contributed by atoms with E-state index in [0.29, 0.717) is 12.2 Å². The van der Waals surface area contributed by atoms with Gasteiger partial charge in [-0.1, -0.05) is 0 Å². The number of aliphatic hydroxyl groups is 1. The van der Waals surface area contributed by atoms with Gasteiger partial charge < -0.3 is 14.9 Å². The van der Waals surface area contributed by atoms with Crippen LogP contribution in [-0.4, -0.2) is 52.7 Å². The summed E-state index contributed by atoms with van der Waals surface area (Å²) >= 11 is 0. The Balaban J connectivity index is 1.50. The molecule has 3 aliphatic rings. The maximum Gasteiger partial charge on any atom is 0.230 e. The van der Waals surface area contributed by atoms with Gasteiger partial charge in [-0.2, -0.15) is 0 Å².